The maximum atomic E-state index is 5.98. The number of hydrogen-bond acceptors (Lipinski definition) is 8. The Hall–Kier alpha value is -5.61. The molecule has 0 bridgehead atoms. The van der Waals surface area contributed by atoms with Gasteiger partial charge in [-0.05, 0) is 67.7 Å². The number of aryl methyl sites for hydroxylation is 3. The number of nitrogen functional groups attached to an aromatic ring is 2. The molecule has 0 aliphatic heterocycles. The van der Waals surface area contributed by atoms with Crippen LogP contribution in [0.25, 0.3) is 59.9 Å². The summed E-state index contributed by atoms with van der Waals surface area (Å²) in [5.41, 5.74) is 22.7. The summed E-state index contributed by atoms with van der Waals surface area (Å²) in [6.07, 6.45) is 6.04. The minimum absolute atomic E-state index is 0.244. The van der Waals surface area contributed by atoms with E-state index in [1.165, 1.54) is 16.8 Å². The normalized spacial score (nSPS) is 11.3. The number of allylic oxidation sites excluding steroid dienone is 1. The Morgan fingerprint density at radius 1 is 0.817 bits per heavy atom. The Morgan fingerprint density at radius 2 is 1.42 bits per heavy atom. The molecule has 5 heterocycles. The lowest BCUT2D eigenvalue weighted by molar-refractivity contribution is 0.292. The van der Waals surface area contributed by atoms with Crippen molar-refractivity contribution in [3.63, 3.8) is 0 Å². The first-order chi connectivity index (χ1) is 28.8. The lowest BCUT2D eigenvalue weighted by atomic mass is 9.89. The molecule has 9 nitrogen and oxygen atoms in total. The smallest absolute Gasteiger partial charge is 0.152 e. The summed E-state index contributed by atoms with van der Waals surface area (Å²) in [6, 6.07) is 24.7. The topological polar surface area (TPSA) is 126 Å². The van der Waals surface area contributed by atoms with Crippen LogP contribution in [0.3, 0.4) is 0 Å². The number of anilines is 2. The third-order valence-corrected chi connectivity index (χ3v) is 11.7. The molecule has 0 amide bonds. The molecule has 8 rings (SSSR count). The van der Waals surface area contributed by atoms with Crippen LogP contribution in [-0.2, 0) is 25.9 Å². The van der Waals surface area contributed by atoms with Gasteiger partial charge in [0, 0.05) is 35.8 Å². The molecule has 0 saturated carbocycles. The minimum Gasteiger partial charge on any atom is -0.382 e. The molecule has 0 spiro atoms. The zero-order valence-electron chi connectivity index (χ0n) is 37.7. The summed E-state index contributed by atoms with van der Waals surface area (Å²) in [7, 11) is 0. The molecule has 5 aromatic heterocycles. The Morgan fingerprint density at radius 3 is 2.02 bits per heavy atom. The van der Waals surface area contributed by atoms with Crippen molar-refractivity contribution in [2.45, 2.75) is 115 Å². The van der Waals surface area contributed by atoms with Crippen molar-refractivity contribution in [3.05, 3.63) is 108 Å². The van der Waals surface area contributed by atoms with Crippen molar-refractivity contribution in [2.24, 2.45) is 11.3 Å². The second-order valence-electron chi connectivity index (χ2n) is 16.3. The number of hydrogen-bond donors (Lipinski definition) is 2. The highest BCUT2D eigenvalue weighted by Crippen LogP contribution is 2.36. The van der Waals surface area contributed by atoms with E-state index in [1.807, 2.05) is 56.6 Å². The van der Waals surface area contributed by atoms with Crippen LogP contribution in [0.15, 0.2) is 85.7 Å². The van der Waals surface area contributed by atoms with Crippen molar-refractivity contribution >= 4 is 71.6 Å². The average molecular weight is 824 g/mol. The van der Waals surface area contributed by atoms with E-state index in [9.17, 15) is 0 Å². The molecule has 0 atom stereocenters. The molecule has 8 aromatic rings. The zero-order chi connectivity index (χ0) is 43.7. The van der Waals surface area contributed by atoms with Crippen molar-refractivity contribution in [1.82, 2.24) is 34.1 Å². The summed E-state index contributed by atoms with van der Waals surface area (Å²) in [4.78, 5) is 22.7. The number of nitrogens with two attached hydrogens (primary N) is 2. The number of aromatic nitrogens is 7. The largest absolute Gasteiger partial charge is 0.382 e. The molecule has 0 saturated heterocycles. The lowest BCUT2D eigenvalue weighted by Gasteiger charge is -2.26. The Bertz CT molecular complexity index is 2700. The Labute approximate surface area is 361 Å². The minimum atomic E-state index is 0.244. The molecular weight excluding hydrogens is 759 g/mol. The van der Waals surface area contributed by atoms with E-state index in [2.05, 4.69) is 134 Å². The van der Waals surface area contributed by atoms with Gasteiger partial charge in [-0.15, -0.1) is 11.3 Å². The molecule has 0 fully saturated rings. The van der Waals surface area contributed by atoms with Gasteiger partial charge in [0.05, 0.1) is 44.0 Å². The van der Waals surface area contributed by atoms with E-state index in [0.717, 1.165) is 104 Å². The zero-order valence-corrected chi connectivity index (χ0v) is 38.5. The molecule has 0 radical (unpaired) electrons. The van der Waals surface area contributed by atoms with Crippen LogP contribution in [0.2, 0.25) is 0 Å². The molecule has 3 aromatic carbocycles. The number of para-hydroxylation sites is 2. The number of fused-ring (bicyclic) bond motifs is 6. The van der Waals surface area contributed by atoms with Crippen LogP contribution in [0.1, 0.15) is 104 Å². The van der Waals surface area contributed by atoms with E-state index in [-0.39, 0.29) is 5.41 Å². The molecule has 10 heteroatoms. The van der Waals surface area contributed by atoms with Gasteiger partial charge in [0.2, 0.25) is 0 Å². The molecule has 4 N–H and O–H groups in total. The van der Waals surface area contributed by atoms with Gasteiger partial charge in [-0.1, -0.05) is 130 Å². The Kier molecular flexibility index (Phi) is 15.2. The van der Waals surface area contributed by atoms with Gasteiger partial charge < -0.3 is 20.6 Å². The summed E-state index contributed by atoms with van der Waals surface area (Å²) >= 11 is 1.73. The SMILES string of the molecule is C=C(C)c1nc(CC)n(CC(C)(C)CC)c1-c1ccccc1C.CC.CC(C)Cn1cnc2c(N)nc3ccccc3c21.CCCc1nc2c(N)nc3ccccc3c2s1. The maximum Gasteiger partial charge on any atom is 0.152 e. The predicted octanol–water partition coefficient (Wildman–Crippen LogP) is 13.1. The van der Waals surface area contributed by atoms with E-state index in [1.54, 1.807) is 11.3 Å². The maximum absolute atomic E-state index is 5.98. The number of benzene rings is 3. The summed E-state index contributed by atoms with van der Waals surface area (Å²) in [6.45, 7) is 30.0. The van der Waals surface area contributed by atoms with E-state index >= 15 is 0 Å². The van der Waals surface area contributed by atoms with E-state index < -0.39 is 0 Å². The predicted molar refractivity (Wildman–Crippen MR) is 260 cm³/mol. The molecule has 0 unspecified atom stereocenters. The van der Waals surface area contributed by atoms with Crippen LogP contribution < -0.4 is 11.5 Å². The highest BCUT2D eigenvalue weighted by molar-refractivity contribution is 7.19. The van der Waals surface area contributed by atoms with Crippen molar-refractivity contribution in [2.75, 3.05) is 11.5 Å². The van der Waals surface area contributed by atoms with Gasteiger partial charge in [0.25, 0.3) is 0 Å². The van der Waals surface area contributed by atoms with Gasteiger partial charge in [-0.3, -0.25) is 0 Å². The van der Waals surface area contributed by atoms with Gasteiger partial charge in [0.1, 0.15) is 16.9 Å². The summed E-state index contributed by atoms with van der Waals surface area (Å²) < 4.78 is 5.76. The lowest BCUT2D eigenvalue weighted by Crippen LogP contribution is -2.21. The van der Waals surface area contributed by atoms with Gasteiger partial charge in [-0.2, -0.15) is 0 Å². The van der Waals surface area contributed by atoms with Gasteiger partial charge in [-0.25, -0.2) is 24.9 Å². The van der Waals surface area contributed by atoms with E-state index in [0.29, 0.717) is 17.6 Å². The molecule has 0 aliphatic carbocycles. The average Bonchev–Trinajstić information content (AvgIpc) is 3.96. The first kappa shape index (κ1) is 45.5. The standard InChI is InChI=1S/C21H30N2.C14H16N4.C13H13N3S.C2H6/c1-8-18-22-19(15(3)4)20(17-13-11-10-12-16(17)5)23(18)14-21(6,7)9-2;1-9(2)7-18-8-16-12-13(18)10-5-3-4-6-11(10)17-14(12)15;1-2-5-10-16-11-12(17-10)8-6-3-4-7-9(8)15-13(11)14;1-2/h10-13H,3,8-9,14H2,1-2,4-7H3;3-6,8-9H,7H2,1-2H3,(H2,15,17);3-4,6-7H,2,5H2,1H3,(H2,14,15);1-2H3. The fraction of sp³-hybridized carbons (Fsp3) is 0.380. The number of rotatable bonds is 10. The highest BCUT2D eigenvalue weighted by Gasteiger charge is 2.24. The van der Waals surface area contributed by atoms with Crippen LogP contribution in [-0.4, -0.2) is 34.1 Å². The quantitative estimate of drug-likeness (QED) is 0.141. The first-order valence-electron chi connectivity index (χ1n) is 21.5. The fourth-order valence-electron chi connectivity index (χ4n) is 7.21. The summed E-state index contributed by atoms with van der Waals surface area (Å²) in [5, 5.41) is 3.41. The van der Waals surface area contributed by atoms with Crippen LogP contribution in [0, 0.1) is 18.3 Å². The third-order valence-electron chi connectivity index (χ3n) is 10.5. The van der Waals surface area contributed by atoms with Crippen LogP contribution in [0.5, 0.6) is 0 Å². The van der Waals surface area contributed by atoms with Crippen molar-refractivity contribution < 1.29 is 0 Å². The second-order valence-corrected chi connectivity index (χ2v) is 17.4. The number of pyridine rings is 2. The van der Waals surface area contributed by atoms with Crippen LogP contribution >= 0.6 is 11.3 Å². The van der Waals surface area contributed by atoms with Gasteiger partial charge in [0.15, 0.2) is 11.6 Å². The number of thiazole rings is 1. The first-order valence-corrected chi connectivity index (χ1v) is 22.3. The summed E-state index contributed by atoms with van der Waals surface area (Å²) in [5.74, 6) is 2.77. The third kappa shape index (κ3) is 10.0. The van der Waals surface area contributed by atoms with Crippen molar-refractivity contribution in [3.8, 4) is 11.3 Å². The molecule has 316 valence electrons. The monoisotopic (exact) mass is 824 g/mol. The molecular formula is C50H65N9S. The van der Waals surface area contributed by atoms with Crippen LogP contribution in [0.4, 0.5) is 11.6 Å². The van der Waals surface area contributed by atoms with E-state index in [4.69, 9.17) is 16.5 Å². The Balaban J connectivity index is 0.000000169. The number of nitrogens with zero attached hydrogens (tertiary/aromatic N) is 7. The van der Waals surface area contributed by atoms with Gasteiger partial charge >= 0.3 is 0 Å². The molecule has 60 heavy (non-hydrogen) atoms. The highest BCUT2D eigenvalue weighted by atomic mass is 32.1. The fourth-order valence-corrected chi connectivity index (χ4v) is 8.42. The molecule has 0 aliphatic rings. The van der Waals surface area contributed by atoms with Crippen molar-refractivity contribution in [1.29, 1.82) is 0 Å². The second kappa shape index (κ2) is 20.1. The number of imidazole rings is 2.